The van der Waals surface area contributed by atoms with Crippen LogP contribution in [0, 0.1) is 0 Å². The molecule has 0 aliphatic rings. The first-order valence-corrected chi connectivity index (χ1v) is 3.66. The third kappa shape index (κ3) is 1.69. The molecule has 0 amide bonds. The summed E-state index contributed by atoms with van der Waals surface area (Å²) in [6.45, 7) is 3.25. The second-order valence-corrected chi connectivity index (χ2v) is 2.38. The van der Waals surface area contributed by atoms with Crippen molar-refractivity contribution in [1.29, 1.82) is 0 Å². The number of aliphatic hydroxyl groups is 2. The van der Waals surface area contributed by atoms with Crippen molar-refractivity contribution in [2.45, 2.75) is 6.10 Å². The topological polar surface area (TPSA) is 53.4 Å². The predicted octanol–water partition coefficient (Wildman–Crippen LogP) is 0.750. The van der Waals surface area contributed by atoms with Crippen molar-refractivity contribution in [3.05, 3.63) is 36.2 Å². The number of hydrogen-bond donors (Lipinski definition) is 2. The Bertz CT molecular complexity index is 273. The Balaban J connectivity index is 3.04. The van der Waals surface area contributed by atoms with Gasteiger partial charge in [-0.25, -0.2) is 0 Å². The van der Waals surface area contributed by atoms with Gasteiger partial charge >= 0.3 is 0 Å². The lowest BCUT2D eigenvalue weighted by atomic mass is 10.1. The molecular formula is C9H11NO2. The molecule has 0 saturated carbocycles. The Morgan fingerprint density at radius 1 is 1.67 bits per heavy atom. The second kappa shape index (κ2) is 3.99. The molecule has 3 nitrogen and oxygen atoms in total. The highest BCUT2D eigenvalue weighted by molar-refractivity contribution is 5.49. The van der Waals surface area contributed by atoms with Crippen LogP contribution < -0.4 is 0 Å². The quantitative estimate of drug-likeness (QED) is 0.695. The maximum absolute atomic E-state index is 9.28. The molecule has 1 unspecified atom stereocenters. The van der Waals surface area contributed by atoms with E-state index in [1.807, 2.05) is 0 Å². The molecule has 3 heteroatoms. The Morgan fingerprint density at radius 3 is 3.00 bits per heavy atom. The zero-order valence-electron chi connectivity index (χ0n) is 6.64. The number of aromatic nitrogens is 1. The number of hydrogen-bond acceptors (Lipinski definition) is 3. The van der Waals surface area contributed by atoms with Crippen LogP contribution in [0.5, 0.6) is 0 Å². The van der Waals surface area contributed by atoms with E-state index in [1.54, 1.807) is 24.4 Å². The Labute approximate surface area is 71.0 Å². The molecule has 0 spiro atoms. The van der Waals surface area contributed by atoms with Gasteiger partial charge in [-0.1, -0.05) is 18.7 Å². The molecule has 0 aliphatic carbocycles. The second-order valence-electron chi connectivity index (χ2n) is 2.38. The van der Waals surface area contributed by atoms with Crippen molar-refractivity contribution in [2.24, 2.45) is 0 Å². The monoisotopic (exact) mass is 165 g/mol. The predicted molar refractivity (Wildman–Crippen MR) is 46.4 cm³/mol. The first-order valence-electron chi connectivity index (χ1n) is 3.66. The van der Waals surface area contributed by atoms with Gasteiger partial charge in [-0.3, -0.25) is 4.98 Å². The van der Waals surface area contributed by atoms with Gasteiger partial charge in [-0.05, 0) is 11.6 Å². The normalized spacial score (nSPS) is 12.5. The fourth-order valence-electron chi connectivity index (χ4n) is 0.967. The van der Waals surface area contributed by atoms with Crippen molar-refractivity contribution in [3.8, 4) is 0 Å². The highest BCUT2D eigenvalue weighted by atomic mass is 16.3. The zero-order chi connectivity index (χ0) is 8.97. The summed E-state index contributed by atoms with van der Waals surface area (Å²) in [5.74, 6) is 0. The van der Waals surface area contributed by atoms with Crippen LogP contribution in [0.4, 0.5) is 0 Å². The van der Waals surface area contributed by atoms with Crippen LogP contribution in [-0.2, 0) is 0 Å². The van der Waals surface area contributed by atoms with Crippen molar-refractivity contribution in [2.75, 3.05) is 6.61 Å². The number of aliphatic hydroxyl groups excluding tert-OH is 2. The molecule has 1 aromatic rings. The lowest BCUT2D eigenvalue weighted by Crippen LogP contribution is -2.06. The molecule has 0 saturated heterocycles. The van der Waals surface area contributed by atoms with E-state index in [4.69, 9.17) is 5.11 Å². The van der Waals surface area contributed by atoms with Gasteiger partial charge in [0, 0.05) is 6.20 Å². The minimum absolute atomic E-state index is 0.322. The number of nitrogens with zero attached hydrogens (tertiary/aromatic N) is 1. The van der Waals surface area contributed by atoms with Gasteiger partial charge in [0.2, 0.25) is 0 Å². The summed E-state index contributed by atoms with van der Waals surface area (Å²) in [5.41, 5.74) is 1.22. The minimum atomic E-state index is -0.917. The van der Waals surface area contributed by atoms with E-state index in [0.717, 1.165) is 5.56 Å². The number of rotatable bonds is 3. The molecule has 64 valence electrons. The minimum Gasteiger partial charge on any atom is -0.393 e. The molecule has 12 heavy (non-hydrogen) atoms. The summed E-state index contributed by atoms with van der Waals surface area (Å²) in [7, 11) is 0. The van der Waals surface area contributed by atoms with E-state index in [-0.39, 0.29) is 6.61 Å². The summed E-state index contributed by atoms with van der Waals surface area (Å²) in [4.78, 5) is 3.94. The van der Waals surface area contributed by atoms with Crippen molar-refractivity contribution >= 4 is 6.08 Å². The molecule has 1 heterocycles. The lowest BCUT2D eigenvalue weighted by molar-refractivity contribution is 0.0921. The summed E-state index contributed by atoms with van der Waals surface area (Å²) >= 11 is 0. The Kier molecular flexibility index (Phi) is 2.96. The molecule has 0 aromatic carbocycles. The van der Waals surface area contributed by atoms with Crippen LogP contribution in [0.15, 0.2) is 24.9 Å². The molecule has 0 aliphatic heterocycles. The standard InChI is InChI=1S/C9H11NO2/c1-2-7-4-3-5-10-9(7)8(12)6-11/h2-5,8,11-12H,1,6H2. The average Bonchev–Trinajstić information content (AvgIpc) is 2.16. The van der Waals surface area contributed by atoms with E-state index >= 15 is 0 Å². The van der Waals surface area contributed by atoms with E-state index in [2.05, 4.69) is 11.6 Å². The maximum Gasteiger partial charge on any atom is 0.119 e. The van der Waals surface area contributed by atoms with Gasteiger partial charge < -0.3 is 10.2 Å². The lowest BCUT2D eigenvalue weighted by Gasteiger charge is -2.08. The molecule has 0 fully saturated rings. The van der Waals surface area contributed by atoms with Crippen molar-refractivity contribution in [3.63, 3.8) is 0 Å². The van der Waals surface area contributed by atoms with Gasteiger partial charge in [0.25, 0.3) is 0 Å². The molecule has 0 radical (unpaired) electrons. The van der Waals surface area contributed by atoms with Gasteiger partial charge in [-0.2, -0.15) is 0 Å². The average molecular weight is 165 g/mol. The largest absolute Gasteiger partial charge is 0.393 e. The fraction of sp³-hybridized carbons (Fsp3) is 0.222. The van der Waals surface area contributed by atoms with E-state index in [1.165, 1.54) is 0 Å². The fourth-order valence-corrected chi connectivity index (χ4v) is 0.967. The van der Waals surface area contributed by atoms with Crippen LogP contribution in [0.25, 0.3) is 6.08 Å². The summed E-state index contributed by atoms with van der Waals surface area (Å²) in [6, 6.07) is 3.54. The Morgan fingerprint density at radius 2 is 2.42 bits per heavy atom. The van der Waals surface area contributed by atoms with Gasteiger partial charge in [0.15, 0.2) is 0 Å². The van der Waals surface area contributed by atoms with Crippen LogP contribution in [0.1, 0.15) is 17.4 Å². The van der Waals surface area contributed by atoms with Crippen LogP contribution in [0.2, 0.25) is 0 Å². The Hall–Kier alpha value is -1.19. The van der Waals surface area contributed by atoms with E-state index < -0.39 is 6.10 Å². The van der Waals surface area contributed by atoms with Gasteiger partial charge in [0.1, 0.15) is 6.10 Å². The van der Waals surface area contributed by atoms with Crippen molar-refractivity contribution in [1.82, 2.24) is 4.98 Å². The molecular weight excluding hydrogens is 154 g/mol. The summed E-state index contributed by atoms with van der Waals surface area (Å²) in [6.07, 6.45) is 2.25. The first kappa shape index (κ1) is 8.90. The zero-order valence-corrected chi connectivity index (χ0v) is 6.64. The highest BCUT2D eigenvalue weighted by Gasteiger charge is 2.09. The summed E-state index contributed by atoms with van der Waals surface area (Å²) in [5, 5.41) is 18.0. The molecule has 1 aromatic heterocycles. The van der Waals surface area contributed by atoms with Crippen molar-refractivity contribution < 1.29 is 10.2 Å². The molecule has 1 atom stereocenters. The first-order chi connectivity index (χ1) is 5.79. The molecule has 0 bridgehead atoms. The number of pyridine rings is 1. The van der Waals surface area contributed by atoms with Gasteiger partial charge in [0.05, 0.1) is 12.3 Å². The maximum atomic E-state index is 9.28. The SMILES string of the molecule is C=Cc1cccnc1C(O)CO. The third-order valence-electron chi connectivity index (χ3n) is 1.58. The van der Waals surface area contributed by atoms with Crippen LogP contribution in [0.3, 0.4) is 0 Å². The van der Waals surface area contributed by atoms with E-state index in [0.29, 0.717) is 5.69 Å². The van der Waals surface area contributed by atoms with Gasteiger partial charge in [-0.15, -0.1) is 0 Å². The van der Waals surface area contributed by atoms with Crippen LogP contribution >= 0.6 is 0 Å². The summed E-state index contributed by atoms with van der Waals surface area (Å²) < 4.78 is 0. The third-order valence-corrected chi connectivity index (χ3v) is 1.58. The smallest absolute Gasteiger partial charge is 0.119 e. The molecule has 1 rings (SSSR count). The molecule has 2 N–H and O–H groups in total. The highest BCUT2D eigenvalue weighted by Crippen LogP contribution is 2.14. The van der Waals surface area contributed by atoms with E-state index in [9.17, 15) is 5.11 Å². The van der Waals surface area contributed by atoms with Crippen LogP contribution in [-0.4, -0.2) is 21.8 Å².